The lowest BCUT2D eigenvalue weighted by molar-refractivity contribution is 0.102. The van der Waals surface area contributed by atoms with Gasteiger partial charge in [-0.05, 0) is 65.4 Å². The van der Waals surface area contributed by atoms with E-state index >= 15 is 0 Å². The number of anilines is 1. The molecular weight excluding hydrogens is 384 g/mol. The number of methoxy groups -OCH3 is 1. The summed E-state index contributed by atoms with van der Waals surface area (Å²) in [5.74, 6) is -0.617. The van der Waals surface area contributed by atoms with Gasteiger partial charge in [0.05, 0.1) is 11.7 Å². The molecule has 0 aromatic heterocycles. The molecule has 3 nitrogen and oxygen atoms in total. The number of amides is 1. The van der Waals surface area contributed by atoms with E-state index in [-0.39, 0.29) is 17.8 Å². The summed E-state index contributed by atoms with van der Waals surface area (Å²) in [7, 11) is 1.64. The average molecular weight is 399 g/mol. The van der Waals surface area contributed by atoms with Gasteiger partial charge in [-0.15, -0.1) is 0 Å². The first-order valence-corrected chi connectivity index (χ1v) is 7.48. The molecule has 0 aliphatic carbocycles. The van der Waals surface area contributed by atoms with Crippen molar-refractivity contribution in [2.24, 2.45) is 0 Å². The second-order valence-corrected chi connectivity index (χ2v) is 5.74. The molecular formula is C16H15FINO2. The van der Waals surface area contributed by atoms with Crippen LogP contribution in [-0.4, -0.2) is 13.0 Å². The Kier molecular flexibility index (Phi) is 5.30. The first-order valence-electron chi connectivity index (χ1n) is 6.40. The third-order valence-corrected chi connectivity index (χ3v) is 4.04. The summed E-state index contributed by atoms with van der Waals surface area (Å²) in [6, 6.07) is 11.6. The van der Waals surface area contributed by atoms with Gasteiger partial charge in [0.15, 0.2) is 0 Å². The summed E-state index contributed by atoms with van der Waals surface area (Å²) in [5, 5.41) is 2.82. The number of carbonyl (C=O) groups is 1. The van der Waals surface area contributed by atoms with Crippen molar-refractivity contribution in [3.8, 4) is 0 Å². The lowest BCUT2D eigenvalue weighted by atomic mass is 10.1. The molecule has 2 rings (SSSR count). The summed E-state index contributed by atoms with van der Waals surface area (Å²) in [4.78, 5) is 12.2. The van der Waals surface area contributed by atoms with Crippen LogP contribution in [-0.2, 0) is 4.74 Å². The zero-order valence-electron chi connectivity index (χ0n) is 11.7. The van der Waals surface area contributed by atoms with Crippen LogP contribution in [0.3, 0.4) is 0 Å². The minimum atomic E-state index is -0.355. The lowest BCUT2D eigenvalue weighted by Gasteiger charge is -2.12. The molecule has 0 heterocycles. The van der Waals surface area contributed by atoms with Crippen LogP contribution in [0.2, 0.25) is 0 Å². The minimum Gasteiger partial charge on any atom is -0.377 e. The van der Waals surface area contributed by atoms with E-state index in [0.29, 0.717) is 14.8 Å². The normalized spacial score (nSPS) is 12.0. The maximum absolute atomic E-state index is 13.1. The van der Waals surface area contributed by atoms with E-state index < -0.39 is 0 Å². The third kappa shape index (κ3) is 4.01. The Morgan fingerprint density at radius 3 is 2.71 bits per heavy atom. The van der Waals surface area contributed by atoms with Gasteiger partial charge < -0.3 is 10.1 Å². The second-order valence-electron chi connectivity index (χ2n) is 4.58. The summed E-state index contributed by atoms with van der Waals surface area (Å²) < 4.78 is 18.9. The van der Waals surface area contributed by atoms with Gasteiger partial charge in [0, 0.05) is 16.4 Å². The van der Waals surface area contributed by atoms with E-state index in [1.54, 1.807) is 13.2 Å². The average Bonchev–Trinajstić information content (AvgIpc) is 2.46. The van der Waals surface area contributed by atoms with Crippen LogP contribution in [0.4, 0.5) is 10.1 Å². The SMILES string of the molecule is COC(C)c1cccc(NC(=O)c2ccc(F)cc2I)c1. The molecule has 5 heteroatoms. The summed E-state index contributed by atoms with van der Waals surface area (Å²) in [6.45, 7) is 1.93. The molecule has 0 aliphatic rings. The molecule has 0 saturated heterocycles. The highest BCUT2D eigenvalue weighted by Gasteiger charge is 2.12. The molecule has 0 saturated carbocycles. The van der Waals surface area contributed by atoms with Crippen molar-refractivity contribution in [1.29, 1.82) is 0 Å². The number of carbonyl (C=O) groups excluding carboxylic acids is 1. The maximum Gasteiger partial charge on any atom is 0.256 e. The lowest BCUT2D eigenvalue weighted by Crippen LogP contribution is -2.14. The molecule has 21 heavy (non-hydrogen) atoms. The van der Waals surface area contributed by atoms with Crippen molar-refractivity contribution >= 4 is 34.2 Å². The molecule has 0 fully saturated rings. The number of rotatable bonds is 4. The van der Waals surface area contributed by atoms with Gasteiger partial charge in [-0.3, -0.25) is 4.79 Å². The van der Waals surface area contributed by atoms with E-state index in [1.165, 1.54) is 18.2 Å². The number of hydrogen-bond donors (Lipinski definition) is 1. The Balaban J connectivity index is 2.19. The van der Waals surface area contributed by atoms with Crippen LogP contribution in [0.1, 0.15) is 28.9 Å². The van der Waals surface area contributed by atoms with Gasteiger partial charge in [0.25, 0.3) is 5.91 Å². The van der Waals surface area contributed by atoms with Gasteiger partial charge in [0.2, 0.25) is 0 Å². The maximum atomic E-state index is 13.1. The van der Waals surface area contributed by atoms with Crippen LogP contribution in [0.15, 0.2) is 42.5 Å². The van der Waals surface area contributed by atoms with Crippen LogP contribution in [0.25, 0.3) is 0 Å². The van der Waals surface area contributed by atoms with Crippen LogP contribution >= 0.6 is 22.6 Å². The Hall–Kier alpha value is -1.47. The highest BCUT2D eigenvalue weighted by atomic mass is 127. The first kappa shape index (κ1) is 15.9. The Labute approximate surface area is 136 Å². The molecule has 0 radical (unpaired) electrons. The van der Waals surface area contributed by atoms with Gasteiger partial charge in [0.1, 0.15) is 5.82 Å². The molecule has 1 N–H and O–H groups in total. The Morgan fingerprint density at radius 2 is 2.05 bits per heavy atom. The molecule has 0 bridgehead atoms. The van der Waals surface area contributed by atoms with Crippen molar-refractivity contribution in [3.05, 3.63) is 63.0 Å². The number of hydrogen-bond acceptors (Lipinski definition) is 2. The largest absolute Gasteiger partial charge is 0.377 e. The van der Waals surface area contributed by atoms with Gasteiger partial charge in [-0.2, -0.15) is 0 Å². The molecule has 1 atom stereocenters. The quantitative estimate of drug-likeness (QED) is 0.775. The predicted molar refractivity (Wildman–Crippen MR) is 88.9 cm³/mol. The highest BCUT2D eigenvalue weighted by Crippen LogP contribution is 2.21. The molecule has 110 valence electrons. The van der Waals surface area contributed by atoms with Crippen molar-refractivity contribution in [1.82, 2.24) is 0 Å². The zero-order valence-corrected chi connectivity index (χ0v) is 13.8. The van der Waals surface area contributed by atoms with Crippen LogP contribution < -0.4 is 5.32 Å². The Morgan fingerprint density at radius 1 is 1.29 bits per heavy atom. The minimum absolute atomic E-state index is 0.0483. The fraction of sp³-hybridized carbons (Fsp3) is 0.188. The second kappa shape index (κ2) is 7.00. The Bertz CT molecular complexity index is 660. The van der Waals surface area contributed by atoms with Gasteiger partial charge >= 0.3 is 0 Å². The number of nitrogens with one attached hydrogen (secondary N) is 1. The smallest absolute Gasteiger partial charge is 0.256 e. The molecule has 0 aliphatic heterocycles. The van der Waals surface area contributed by atoms with Crippen molar-refractivity contribution in [3.63, 3.8) is 0 Å². The van der Waals surface area contributed by atoms with Gasteiger partial charge in [-0.25, -0.2) is 4.39 Å². The van der Waals surface area contributed by atoms with Crippen LogP contribution in [0, 0.1) is 9.39 Å². The summed E-state index contributed by atoms with van der Waals surface area (Å²) >= 11 is 1.95. The fourth-order valence-corrected chi connectivity index (χ4v) is 2.60. The molecule has 1 amide bonds. The third-order valence-electron chi connectivity index (χ3n) is 3.14. The standard InChI is InChI=1S/C16H15FINO2/c1-10(21-2)11-4-3-5-13(8-11)19-16(20)14-7-6-12(17)9-15(14)18/h3-10H,1-2H3,(H,19,20). The van der Waals surface area contributed by atoms with Crippen molar-refractivity contribution in [2.45, 2.75) is 13.0 Å². The molecule has 1 unspecified atom stereocenters. The topological polar surface area (TPSA) is 38.3 Å². The van der Waals surface area contributed by atoms with Crippen molar-refractivity contribution in [2.75, 3.05) is 12.4 Å². The predicted octanol–water partition coefficient (Wildman–Crippen LogP) is 4.39. The highest BCUT2D eigenvalue weighted by molar-refractivity contribution is 14.1. The molecule has 2 aromatic rings. The first-order chi connectivity index (χ1) is 10.0. The van der Waals surface area contributed by atoms with E-state index in [1.807, 2.05) is 47.7 Å². The zero-order chi connectivity index (χ0) is 15.4. The number of halogens is 2. The number of benzene rings is 2. The van der Waals surface area contributed by atoms with E-state index in [9.17, 15) is 9.18 Å². The molecule has 2 aromatic carbocycles. The fourth-order valence-electron chi connectivity index (χ4n) is 1.88. The monoisotopic (exact) mass is 399 g/mol. The van der Waals surface area contributed by atoms with E-state index in [0.717, 1.165) is 5.56 Å². The van der Waals surface area contributed by atoms with Gasteiger partial charge in [-0.1, -0.05) is 12.1 Å². The van der Waals surface area contributed by atoms with Crippen molar-refractivity contribution < 1.29 is 13.9 Å². The molecule has 0 spiro atoms. The van der Waals surface area contributed by atoms with E-state index in [2.05, 4.69) is 5.32 Å². The van der Waals surface area contributed by atoms with Crippen LogP contribution in [0.5, 0.6) is 0 Å². The summed E-state index contributed by atoms with van der Waals surface area (Å²) in [6.07, 6.45) is -0.0483. The van der Waals surface area contributed by atoms with E-state index in [4.69, 9.17) is 4.74 Å². The number of ether oxygens (including phenoxy) is 1. The summed E-state index contributed by atoms with van der Waals surface area (Å²) in [5.41, 5.74) is 2.10.